The summed E-state index contributed by atoms with van der Waals surface area (Å²) in [6.07, 6.45) is -1.23. The molecular formula is C15H12NO2. The Balaban J connectivity index is 2.06. The second-order valence-electron chi connectivity index (χ2n) is 4.40. The van der Waals surface area contributed by atoms with Crippen LogP contribution in [-0.2, 0) is 5.11 Å². The van der Waals surface area contributed by atoms with Crippen molar-refractivity contribution in [3.63, 3.8) is 0 Å². The lowest BCUT2D eigenvalue weighted by atomic mass is 9.97. The SMILES string of the molecule is [O]C(=O)NCC1c2ccccc2-c2ccccc21. The van der Waals surface area contributed by atoms with Crippen molar-refractivity contribution in [3.8, 4) is 11.1 Å². The molecule has 1 aliphatic rings. The van der Waals surface area contributed by atoms with E-state index in [1.165, 1.54) is 22.3 Å². The van der Waals surface area contributed by atoms with E-state index in [-0.39, 0.29) is 5.92 Å². The molecule has 0 heterocycles. The molecule has 3 heteroatoms. The summed E-state index contributed by atoms with van der Waals surface area (Å²) in [5.41, 5.74) is 4.73. The second-order valence-corrected chi connectivity index (χ2v) is 4.40. The van der Waals surface area contributed by atoms with Gasteiger partial charge in [-0.3, -0.25) is 0 Å². The fourth-order valence-electron chi connectivity index (χ4n) is 2.67. The van der Waals surface area contributed by atoms with Crippen molar-refractivity contribution >= 4 is 6.09 Å². The third-order valence-corrected chi connectivity index (χ3v) is 3.41. The Morgan fingerprint density at radius 3 is 1.94 bits per heavy atom. The van der Waals surface area contributed by atoms with Crippen molar-refractivity contribution in [2.24, 2.45) is 0 Å². The van der Waals surface area contributed by atoms with Crippen LogP contribution in [0.15, 0.2) is 48.5 Å². The van der Waals surface area contributed by atoms with E-state index in [0.717, 1.165) is 0 Å². The first-order chi connectivity index (χ1) is 8.77. The summed E-state index contributed by atoms with van der Waals surface area (Å²) < 4.78 is 0. The first kappa shape index (κ1) is 10.8. The topological polar surface area (TPSA) is 49.0 Å². The molecule has 18 heavy (non-hydrogen) atoms. The maximum atomic E-state index is 10.6. The molecule has 3 nitrogen and oxygen atoms in total. The van der Waals surface area contributed by atoms with Crippen molar-refractivity contribution in [2.75, 3.05) is 6.54 Å². The Bertz CT molecular complexity index is 561. The van der Waals surface area contributed by atoms with Crippen LogP contribution in [0.25, 0.3) is 11.1 Å². The van der Waals surface area contributed by atoms with E-state index in [1.54, 1.807) is 0 Å². The zero-order chi connectivity index (χ0) is 12.5. The van der Waals surface area contributed by atoms with Crippen molar-refractivity contribution in [2.45, 2.75) is 5.92 Å². The monoisotopic (exact) mass is 238 g/mol. The first-order valence-corrected chi connectivity index (χ1v) is 5.90. The molecular weight excluding hydrogens is 226 g/mol. The highest BCUT2D eigenvalue weighted by Gasteiger charge is 2.27. The van der Waals surface area contributed by atoms with Crippen LogP contribution in [0.3, 0.4) is 0 Å². The van der Waals surface area contributed by atoms with Crippen molar-refractivity contribution in [1.82, 2.24) is 5.32 Å². The van der Waals surface area contributed by atoms with E-state index in [1.807, 2.05) is 24.3 Å². The normalized spacial score (nSPS) is 12.9. The van der Waals surface area contributed by atoms with Crippen LogP contribution in [0.4, 0.5) is 4.79 Å². The number of fused-ring (bicyclic) bond motifs is 3. The van der Waals surface area contributed by atoms with Crippen LogP contribution in [0, 0.1) is 0 Å². The molecule has 0 aliphatic heterocycles. The lowest BCUT2D eigenvalue weighted by molar-refractivity contribution is 0.168. The fourth-order valence-corrected chi connectivity index (χ4v) is 2.67. The van der Waals surface area contributed by atoms with Crippen molar-refractivity contribution in [3.05, 3.63) is 59.7 Å². The number of rotatable bonds is 2. The molecule has 1 amide bonds. The fraction of sp³-hybridized carbons (Fsp3) is 0.133. The number of hydrogen-bond donors (Lipinski definition) is 1. The summed E-state index contributed by atoms with van der Waals surface area (Å²) in [5.74, 6) is 0.0790. The number of carbonyl (C=O) groups excluding carboxylic acids is 1. The summed E-state index contributed by atoms with van der Waals surface area (Å²) in [6, 6.07) is 16.2. The van der Waals surface area contributed by atoms with Gasteiger partial charge in [-0.2, -0.15) is 0 Å². The lowest BCUT2D eigenvalue weighted by Crippen LogP contribution is -2.25. The van der Waals surface area contributed by atoms with Gasteiger partial charge in [0.05, 0.1) is 0 Å². The van der Waals surface area contributed by atoms with Crippen LogP contribution in [0.5, 0.6) is 0 Å². The minimum atomic E-state index is -1.23. The minimum absolute atomic E-state index is 0.0790. The highest BCUT2D eigenvalue weighted by atomic mass is 16.4. The van der Waals surface area contributed by atoms with Crippen molar-refractivity contribution in [1.29, 1.82) is 0 Å². The van der Waals surface area contributed by atoms with Gasteiger partial charge in [0.2, 0.25) is 0 Å². The maximum Gasteiger partial charge on any atom is 0.450 e. The molecule has 1 radical (unpaired) electrons. The third-order valence-electron chi connectivity index (χ3n) is 3.41. The van der Waals surface area contributed by atoms with Gasteiger partial charge in [-0.15, -0.1) is 0 Å². The van der Waals surface area contributed by atoms with Crippen molar-refractivity contribution < 1.29 is 9.90 Å². The summed E-state index contributed by atoms with van der Waals surface area (Å²) in [5, 5.41) is 12.9. The van der Waals surface area contributed by atoms with E-state index in [4.69, 9.17) is 0 Å². The molecule has 3 rings (SSSR count). The van der Waals surface area contributed by atoms with E-state index in [0.29, 0.717) is 6.54 Å². The summed E-state index contributed by atoms with van der Waals surface area (Å²) in [6.45, 7) is 0.357. The highest BCUT2D eigenvalue weighted by molar-refractivity contribution is 5.79. The molecule has 2 aromatic rings. The largest absolute Gasteiger partial charge is 0.450 e. The molecule has 1 N–H and O–H groups in total. The lowest BCUT2D eigenvalue weighted by Gasteiger charge is -2.12. The number of amides is 1. The van der Waals surface area contributed by atoms with E-state index in [2.05, 4.69) is 29.6 Å². The van der Waals surface area contributed by atoms with Crippen LogP contribution < -0.4 is 5.32 Å². The van der Waals surface area contributed by atoms with Crippen LogP contribution in [-0.4, -0.2) is 12.6 Å². The second kappa shape index (κ2) is 4.18. The summed E-state index contributed by atoms with van der Waals surface area (Å²) in [4.78, 5) is 10.6. The average molecular weight is 238 g/mol. The smallest absolute Gasteiger partial charge is 0.317 e. The zero-order valence-corrected chi connectivity index (χ0v) is 9.72. The predicted molar refractivity (Wildman–Crippen MR) is 67.8 cm³/mol. The quantitative estimate of drug-likeness (QED) is 0.859. The Labute approximate surface area is 105 Å². The van der Waals surface area contributed by atoms with Gasteiger partial charge in [-0.05, 0) is 22.3 Å². The van der Waals surface area contributed by atoms with Gasteiger partial charge in [0, 0.05) is 12.5 Å². The first-order valence-electron chi connectivity index (χ1n) is 5.90. The van der Waals surface area contributed by atoms with Crippen LogP contribution in [0.2, 0.25) is 0 Å². The summed E-state index contributed by atoms with van der Waals surface area (Å²) >= 11 is 0. The standard InChI is InChI=1S/C15H12NO2/c17-15(18)16-9-14-12-7-3-1-5-10(12)11-6-2-4-8-13(11)14/h1-8,14,16H,9H2. The van der Waals surface area contributed by atoms with Crippen LogP contribution in [0.1, 0.15) is 17.0 Å². The van der Waals surface area contributed by atoms with Gasteiger partial charge in [-0.25, -0.2) is 9.90 Å². The number of benzene rings is 2. The molecule has 0 unspecified atom stereocenters. The highest BCUT2D eigenvalue weighted by Crippen LogP contribution is 2.43. The Morgan fingerprint density at radius 1 is 0.944 bits per heavy atom. The minimum Gasteiger partial charge on any atom is -0.317 e. The van der Waals surface area contributed by atoms with E-state index >= 15 is 0 Å². The van der Waals surface area contributed by atoms with Gasteiger partial charge < -0.3 is 5.32 Å². The molecule has 0 aromatic heterocycles. The molecule has 0 saturated carbocycles. The molecule has 0 fully saturated rings. The molecule has 89 valence electrons. The Kier molecular flexibility index (Phi) is 2.52. The van der Waals surface area contributed by atoms with E-state index < -0.39 is 6.09 Å². The van der Waals surface area contributed by atoms with E-state index in [9.17, 15) is 9.90 Å². The number of nitrogens with one attached hydrogen (secondary N) is 1. The predicted octanol–water partition coefficient (Wildman–Crippen LogP) is 2.94. The van der Waals surface area contributed by atoms with Gasteiger partial charge in [-0.1, -0.05) is 48.5 Å². The molecule has 0 saturated heterocycles. The number of carbonyl (C=O) groups is 1. The van der Waals surface area contributed by atoms with Gasteiger partial charge in [0.25, 0.3) is 0 Å². The van der Waals surface area contributed by atoms with Gasteiger partial charge in [0.1, 0.15) is 0 Å². The third kappa shape index (κ3) is 1.64. The molecule has 2 aromatic carbocycles. The zero-order valence-electron chi connectivity index (χ0n) is 9.72. The molecule has 1 aliphatic carbocycles. The summed E-state index contributed by atoms with van der Waals surface area (Å²) in [7, 11) is 0. The molecule has 0 spiro atoms. The van der Waals surface area contributed by atoms with Gasteiger partial charge in [0.15, 0.2) is 0 Å². The molecule has 0 bridgehead atoms. The van der Waals surface area contributed by atoms with Gasteiger partial charge >= 0.3 is 6.09 Å². The molecule has 0 atom stereocenters. The maximum absolute atomic E-state index is 10.6. The average Bonchev–Trinajstić information content (AvgIpc) is 2.71. The van der Waals surface area contributed by atoms with Crippen LogP contribution >= 0.6 is 0 Å². The Morgan fingerprint density at radius 2 is 1.44 bits per heavy atom. The number of hydrogen-bond acceptors (Lipinski definition) is 1. The Hall–Kier alpha value is -2.29.